The first-order valence-electron chi connectivity index (χ1n) is 10.3. The summed E-state index contributed by atoms with van der Waals surface area (Å²) in [7, 11) is 0. The van der Waals surface area contributed by atoms with Crippen molar-refractivity contribution < 1.29 is 0 Å². The fraction of sp³-hybridized carbons (Fsp3) is 0.154. The Morgan fingerprint density at radius 1 is 0.467 bits per heavy atom. The fourth-order valence-corrected chi connectivity index (χ4v) is 23.0. The molecule has 0 spiro atoms. The van der Waals surface area contributed by atoms with Crippen LogP contribution < -0.4 is 14.3 Å². The summed E-state index contributed by atoms with van der Waals surface area (Å²) in [5.74, 6) is 0. The Kier molecular flexibility index (Phi) is 5.25. The molecule has 0 fully saturated rings. The van der Waals surface area contributed by atoms with Gasteiger partial charge in [0.25, 0.3) is 0 Å². The number of benzene rings is 3. The minimum absolute atomic E-state index is 0.817. The van der Waals surface area contributed by atoms with Crippen molar-refractivity contribution in [3.63, 3.8) is 0 Å². The molecule has 0 saturated carbocycles. The number of hydrogen-bond donors (Lipinski definition) is 0. The summed E-state index contributed by atoms with van der Waals surface area (Å²) < 4.78 is 6.21. The molecule has 0 aromatic heterocycles. The SMILES string of the molecule is [CH3][Sn]1([CH3])[c]2ccc(Cl)cc2C=Cc2c[c]3c(c[c]21)C=Cc1cc(Cl)cc[c]1[Sn]3([CH3])[CH3]. The maximum absolute atomic E-state index is 6.33. The van der Waals surface area contributed by atoms with Crippen molar-refractivity contribution in [1.82, 2.24) is 0 Å². The molecule has 0 radical (unpaired) electrons. The van der Waals surface area contributed by atoms with Gasteiger partial charge in [-0.15, -0.1) is 0 Å². The van der Waals surface area contributed by atoms with Gasteiger partial charge in [-0.1, -0.05) is 0 Å². The Morgan fingerprint density at radius 3 is 1.17 bits per heavy atom. The van der Waals surface area contributed by atoms with Gasteiger partial charge in [0, 0.05) is 0 Å². The molecule has 0 aliphatic carbocycles. The monoisotopic (exact) mass is 646 g/mol. The summed E-state index contributed by atoms with van der Waals surface area (Å²) in [6, 6.07) is 18.0. The Hall–Kier alpha value is -0.683. The molecule has 3 aromatic rings. The van der Waals surface area contributed by atoms with Gasteiger partial charge in [-0.3, -0.25) is 0 Å². The number of fused-ring (bicyclic) bond motifs is 4. The van der Waals surface area contributed by atoms with E-state index in [-0.39, 0.29) is 0 Å². The van der Waals surface area contributed by atoms with Crippen LogP contribution in [0.2, 0.25) is 29.8 Å². The normalized spacial score (nSPS) is 17.3. The Labute approximate surface area is 197 Å². The zero-order chi connectivity index (χ0) is 21.3. The molecule has 0 bridgehead atoms. The second-order valence-electron chi connectivity index (χ2n) is 9.41. The van der Waals surface area contributed by atoms with E-state index >= 15 is 0 Å². The molecule has 0 atom stereocenters. The average molecular weight is 645 g/mol. The molecule has 30 heavy (non-hydrogen) atoms. The summed E-state index contributed by atoms with van der Waals surface area (Å²) in [4.78, 5) is 10.1. The molecule has 0 saturated heterocycles. The van der Waals surface area contributed by atoms with E-state index in [2.05, 4.69) is 92.6 Å². The van der Waals surface area contributed by atoms with Crippen molar-refractivity contribution >= 4 is 98.6 Å². The Balaban J connectivity index is 1.77. The van der Waals surface area contributed by atoms with Gasteiger partial charge in [-0.2, -0.15) is 0 Å². The summed E-state index contributed by atoms with van der Waals surface area (Å²) in [6.07, 6.45) is 9.22. The number of hydrogen-bond acceptors (Lipinski definition) is 0. The summed E-state index contributed by atoms with van der Waals surface area (Å²) in [6.45, 7) is 0. The first-order valence-corrected chi connectivity index (χ1v) is 28.2. The van der Waals surface area contributed by atoms with Gasteiger partial charge in [0.15, 0.2) is 0 Å². The molecule has 150 valence electrons. The third-order valence-electron chi connectivity index (χ3n) is 6.83. The topological polar surface area (TPSA) is 0 Å². The van der Waals surface area contributed by atoms with E-state index in [0.29, 0.717) is 0 Å². The van der Waals surface area contributed by atoms with Crippen LogP contribution >= 0.6 is 23.2 Å². The molecule has 0 unspecified atom stereocenters. The van der Waals surface area contributed by atoms with Gasteiger partial charge >= 0.3 is 199 Å². The first-order chi connectivity index (χ1) is 14.2. The molecule has 3 aromatic carbocycles. The van der Waals surface area contributed by atoms with Crippen molar-refractivity contribution in [1.29, 1.82) is 0 Å². The van der Waals surface area contributed by atoms with Crippen LogP contribution in [0.15, 0.2) is 48.5 Å². The third-order valence-corrected chi connectivity index (χ3v) is 27.7. The molecule has 0 nitrogen and oxygen atoms in total. The van der Waals surface area contributed by atoms with E-state index in [1.54, 1.807) is 7.16 Å². The van der Waals surface area contributed by atoms with Gasteiger partial charge in [0.05, 0.1) is 0 Å². The molecule has 5 rings (SSSR count). The predicted octanol–water partition coefficient (Wildman–Crippen LogP) is 5.61. The standard InChI is InChI=1S/C22H12Cl2.4CH3.2Sn/c23-21-5-1-3-19(15-21)13-11-17-7-9-18(10-8-17)12-14-20-4-2-6-22(24)16-20;;;;;;/h1-2,5-7,10-16H;4*1H3;;. The predicted molar refractivity (Wildman–Crippen MR) is 141 cm³/mol. The van der Waals surface area contributed by atoms with Crippen molar-refractivity contribution in [2.45, 2.75) is 19.8 Å². The van der Waals surface area contributed by atoms with Gasteiger partial charge < -0.3 is 0 Å². The van der Waals surface area contributed by atoms with Crippen LogP contribution in [0.5, 0.6) is 0 Å². The Morgan fingerprint density at radius 2 is 0.800 bits per heavy atom. The Bertz CT molecular complexity index is 1170. The van der Waals surface area contributed by atoms with Crippen LogP contribution in [0.3, 0.4) is 0 Å². The number of rotatable bonds is 0. The summed E-state index contributed by atoms with van der Waals surface area (Å²) in [5.41, 5.74) is 5.43. The zero-order valence-corrected chi connectivity index (χ0v) is 24.9. The van der Waals surface area contributed by atoms with Crippen molar-refractivity contribution in [2.24, 2.45) is 0 Å². The van der Waals surface area contributed by atoms with E-state index in [9.17, 15) is 0 Å². The minimum atomic E-state index is -2.77. The molecule has 2 aliphatic heterocycles. The third kappa shape index (κ3) is 3.34. The van der Waals surface area contributed by atoms with Crippen LogP contribution in [0.25, 0.3) is 24.3 Å². The molecular weight excluding hydrogens is 621 g/mol. The van der Waals surface area contributed by atoms with Crippen molar-refractivity contribution in [3.8, 4) is 0 Å². The van der Waals surface area contributed by atoms with Crippen molar-refractivity contribution in [3.05, 3.63) is 80.8 Å². The van der Waals surface area contributed by atoms with E-state index in [0.717, 1.165) is 10.0 Å². The van der Waals surface area contributed by atoms with Gasteiger partial charge in [0.1, 0.15) is 0 Å². The molecule has 0 N–H and O–H groups in total. The quantitative estimate of drug-likeness (QED) is 0.280. The van der Waals surface area contributed by atoms with Crippen LogP contribution in [0, 0.1) is 0 Å². The van der Waals surface area contributed by atoms with Crippen LogP contribution in [-0.2, 0) is 0 Å². The summed E-state index contributed by atoms with van der Waals surface area (Å²) in [5, 5.41) is 1.63. The average Bonchev–Trinajstić information content (AvgIpc) is 2.86. The van der Waals surface area contributed by atoms with Crippen molar-refractivity contribution in [2.75, 3.05) is 0 Å². The summed E-state index contributed by atoms with van der Waals surface area (Å²) >= 11 is 7.12. The maximum atomic E-state index is 6.33. The number of halogens is 2. The molecule has 4 heteroatoms. The van der Waals surface area contributed by atoms with E-state index in [4.69, 9.17) is 23.2 Å². The molecule has 2 heterocycles. The molecule has 2 aliphatic rings. The fourth-order valence-electron chi connectivity index (χ4n) is 5.12. The van der Waals surface area contributed by atoms with Gasteiger partial charge in [-0.05, 0) is 0 Å². The van der Waals surface area contributed by atoms with E-state index in [1.807, 2.05) is 0 Å². The second-order valence-corrected chi connectivity index (χ2v) is 35.0. The van der Waals surface area contributed by atoms with E-state index in [1.165, 1.54) is 29.4 Å². The van der Waals surface area contributed by atoms with E-state index < -0.39 is 36.8 Å². The first kappa shape index (κ1) is 21.2. The van der Waals surface area contributed by atoms with Crippen LogP contribution in [0.1, 0.15) is 22.3 Å². The second kappa shape index (κ2) is 7.43. The molecular formula is C26H24Cl2Sn2. The van der Waals surface area contributed by atoms with Crippen LogP contribution in [-0.4, -0.2) is 36.8 Å². The van der Waals surface area contributed by atoms with Crippen LogP contribution in [0.4, 0.5) is 0 Å². The van der Waals surface area contributed by atoms with Gasteiger partial charge in [-0.25, -0.2) is 0 Å². The van der Waals surface area contributed by atoms with Gasteiger partial charge in [0.2, 0.25) is 0 Å². The zero-order valence-electron chi connectivity index (χ0n) is 17.7. The molecule has 0 amide bonds.